The summed E-state index contributed by atoms with van der Waals surface area (Å²) in [7, 11) is 0. The molecule has 0 N–H and O–H groups in total. The van der Waals surface area contributed by atoms with Crippen LogP contribution in [0.3, 0.4) is 0 Å². The van der Waals surface area contributed by atoms with Gasteiger partial charge in [0.15, 0.2) is 0 Å². The van der Waals surface area contributed by atoms with Gasteiger partial charge in [-0.2, -0.15) is 0 Å². The van der Waals surface area contributed by atoms with Crippen molar-refractivity contribution >= 4 is 67.5 Å². The van der Waals surface area contributed by atoms with Gasteiger partial charge in [-0.1, -0.05) is 0 Å². The number of fused-ring (bicyclic) bond motifs is 6. The van der Waals surface area contributed by atoms with E-state index in [0.717, 1.165) is 12.8 Å². The number of halogens is 2. The first-order chi connectivity index (χ1) is 20.2. The molecule has 0 amide bonds. The van der Waals surface area contributed by atoms with Crippen molar-refractivity contribution < 1.29 is 47.7 Å². The molecule has 2 aliphatic rings. The number of rotatable bonds is 6. The minimum absolute atomic E-state index is 0. The van der Waals surface area contributed by atoms with Gasteiger partial charge >= 0.3 is 263 Å². The van der Waals surface area contributed by atoms with Gasteiger partial charge in [-0.3, -0.25) is 0 Å². The molecule has 5 heteroatoms. The van der Waals surface area contributed by atoms with Gasteiger partial charge in [0.05, 0.1) is 0 Å². The van der Waals surface area contributed by atoms with Gasteiger partial charge in [-0.05, 0) is 0 Å². The van der Waals surface area contributed by atoms with E-state index in [-0.39, 0.29) is 24.8 Å². The largest absolute Gasteiger partial charge is 1.00 e. The van der Waals surface area contributed by atoms with Gasteiger partial charge in [0, 0.05) is 0 Å². The maximum atomic E-state index is 2.57. The van der Waals surface area contributed by atoms with E-state index in [9.17, 15) is 0 Å². The summed E-state index contributed by atoms with van der Waals surface area (Å²) in [5.41, 5.74) is 9.24. The van der Waals surface area contributed by atoms with Crippen molar-refractivity contribution in [2.45, 2.75) is 34.0 Å². The third kappa shape index (κ3) is 5.26. The van der Waals surface area contributed by atoms with Crippen LogP contribution in [0.25, 0.3) is 44.8 Å². The zero-order valence-corrected chi connectivity index (χ0v) is 30.8. The number of thiophene rings is 2. The van der Waals surface area contributed by atoms with Crippen LogP contribution in [0.1, 0.15) is 63.0 Å². The van der Waals surface area contributed by atoms with Gasteiger partial charge < -0.3 is 24.8 Å². The third-order valence-electron chi connectivity index (χ3n) is 8.78. The van der Waals surface area contributed by atoms with Crippen molar-refractivity contribution in [1.29, 1.82) is 0 Å². The van der Waals surface area contributed by atoms with Crippen LogP contribution in [0, 0.1) is 0 Å². The second-order valence-corrected chi connectivity index (χ2v) is 18.7. The monoisotopic (exact) mass is 800 g/mol. The van der Waals surface area contributed by atoms with E-state index < -0.39 is 22.9 Å². The number of hydrogen-bond acceptors (Lipinski definition) is 2. The number of aryl methyl sites for hydroxylation is 2. The minimum Gasteiger partial charge on any atom is -1.00 e. The molecule has 0 radical (unpaired) electrons. The molecule has 4 aromatic carbocycles. The van der Waals surface area contributed by atoms with Crippen molar-refractivity contribution in [3.05, 3.63) is 139 Å². The summed E-state index contributed by atoms with van der Waals surface area (Å²) in [6.07, 6.45) is 7.35. The van der Waals surface area contributed by atoms with E-state index in [1.165, 1.54) is 52.2 Å². The maximum absolute atomic E-state index is 2.57. The number of allylic oxidation sites excluding steroid dienone is 2. The molecule has 43 heavy (non-hydrogen) atoms. The Kier molecular flexibility index (Phi) is 9.02. The fourth-order valence-electron chi connectivity index (χ4n) is 6.66. The molecule has 0 spiro atoms. The van der Waals surface area contributed by atoms with Crippen molar-refractivity contribution in [3.8, 4) is 0 Å². The number of hydrogen-bond donors (Lipinski definition) is 0. The zero-order chi connectivity index (χ0) is 27.5. The molecule has 212 valence electrons. The van der Waals surface area contributed by atoms with Crippen LogP contribution < -0.4 is 24.8 Å². The minimum atomic E-state index is -1.39. The van der Waals surface area contributed by atoms with Crippen LogP contribution in [-0.2, 0) is 35.7 Å². The Labute approximate surface area is 285 Å². The normalized spacial score (nSPS) is 16.6. The van der Waals surface area contributed by atoms with Crippen molar-refractivity contribution in [2.24, 2.45) is 0 Å². The van der Waals surface area contributed by atoms with Gasteiger partial charge in [0.1, 0.15) is 0 Å². The van der Waals surface area contributed by atoms with E-state index in [1.54, 1.807) is 22.3 Å². The third-order valence-corrected chi connectivity index (χ3v) is 18.2. The van der Waals surface area contributed by atoms with Crippen molar-refractivity contribution in [2.75, 3.05) is 0 Å². The first-order valence-corrected chi connectivity index (χ1v) is 20.4. The van der Waals surface area contributed by atoms with E-state index in [4.69, 9.17) is 0 Å². The van der Waals surface area contributed by atoms with Crippen LogP contribution in [-0.4, -0.2) is 0 Å². The maximum Gasteiger partial charge on any atom is -1.00 e. The summed E-state index contributed by atoms with van der Waals surface area (Å²) in [5.74, 6) is 0. The zero-order valence-electron chi connectivity index (χ0n) is 24.0. The second-order valence-electron chi connectivity index (χ2n) is 11.1. The standard InChI is InChI=1S/2C19H15S.2ClH.Hf/c2*1-2-16-9-10-19(20-16)15-11-14-8-7-13-5-3-4-6-17(13)18(14)12-15;;;/h2*3-12H,2H2,1H3;2*1H;/q;;;;+2/p-2. The molecule has 0 saturated carbocycles. The Morgan fingerprint density at radius 2 is 0.977 bits per heavy atom. The number of benzene rings is 4. The molecule has 2 aromatic heterocycles. The van der Waals surface area contributed by atoms with Crippen LogP contribution in [0.5, 0.6) is 0 Å². The molecular formula is C38H30Cl2HfS2. The summed E-state index contributed by atoms with van der Waals surface area (Å²) in [6, 6.07) is 37.1. The first kappa shape index (κ1) is 30.7. The van der Waals surface area contributed by atoms with Gasteiger partial charge in [-0.25, -0.2) is 0 Å². The molecule has 6 aromatic rings. The SMILES string of the molecule is CCc1ccc(C2=Cc3c(ccc4ccccc34)[CH]2[Hf+2][CH]2C(c3ccc(CC)s3)=Cc3c2ccc2ccccc32)s1.[Cl-].[Cl-]. The molecule has 2 aliphatic carbocycles. The summed E-state index contributed by atoms with van der Waals surface area (Å²) in [6.45, 7) is 4.55. The molecule has 2 heterocycles. The van der Waals surface area contributed by atoms with Crippen LogP contribution in [0.4, 0.5) is 0 Å². The van der Waals surface area contributed by atoms with Gasteiger partial charge in [0.25, 0.3) is 0 Å². The summed E-state index contributed by atoms with van der Waals surface area (Å²) in [4.78, 5) is 5.92. The second kappa shape index (κ2) is 12.6. The molecule has 0 aliphatic heterocycles. The molecule has 0 saturated heterocycles. The van der Waals surface area contributed by atoms with Gasteiger partial charge in [-0.15, -0.1) is 0 Å². The van der Waals surface area contributed by atoms with E-state index in [0.29, 0.717) is 7.35 Å². The molecule has 2 unspecified atom stereocenters. The molecule has 2 atom stereocenters. The van der Waals surface area contributed by atoms with Gasteiger partial charge in [0.2, 0.25) is 0 Å². The fraction of sp³-hybridized carbons (Fsp3) is 0.158. The Hall–Kier alpha value is -2.27. The molecular weight excluding hydrogens is 770 g/mol. The van der Waals surface area contributed by atoms with Crippen molar-refractivity contribution in [1.82, 2.24) is 0 Å². The average Bonchev–Trinajstić information content (AvgIpc) is 3.82. The van der Waals surface area contributed by atoms with Crippen LogP contribution in [0.15, 0.2) is 97.1 Å². The van der Waals surface area contributed by atoms with E-state index in [1.807, 2.05) is 22.7 Å². The Morgan fingerprint density at radius 1 is 0.535 bits per heavy atom. The summed E-state index contributed by atoms with van der Waals surface area (Å²) < 4.78 is 1.10. The van der Waals surface area contributed by atoms with Crippen LogP contribution >= 0.6 is 22.7 Å². The first-order valence-electron chi connectivity index (χ1n) is 14.6. The summed E-state index contributed by atoms with van der Waals surface area (Å²) in [5, 5.41) is 5.50. The predicted octanol–water partition coefficient (Wildman–Crippen LogP) is 5.22. The van der Waals surface area contributed by atoms with E-state index in [2.05, 4.69) is 123 Å². The fourth-order valence-corrected chi connectivity index (χ4v) is 16.7. The Balaban J connectivity index is 0.00000165. The topological polar surface area (TPSA) is 0 Å². The van der Waals surface area contributed by atoms with Crippen LogP contribution in [0.2, 0.25) is 0 Å². The van der Waals surface area contributed by atoms with E-state index >= 15 is 0 Å². The average molecular weight is 800 g/mol. The Morgan fingerprint density at radius 3 is 1.40 bits per heavy atom. The molecule has 0 fully saturated rings. The van der Waals surface area contributed by atoms with Crippen molar-refractivity contribution in [3.63, 3.8) is 0 Å². The summed E-state index contributed by atoms with van der Waals surface area (Å²) >= 11 is 2.63. The molecule has 0 bridgehead atoms. The molecule has 8 rings (SSSR count). The smallest absolute Gasteiger partial charge is 1.00 e. The quantitative estimate of drug-likeness (QED) is 0.203. The predicted molar refractivity (Wildman–Crippen MR) is 177 cm³/mol. The Bertz CT molecular complexity index is 1880. The molecule has 0 nitrogen and oxygen atoms in total.